The SMILES string of the molecule is COC(=O)C1=C(C)N(C)C(=O)N[C@H]1c1cccc(OCc2ccccc2)c1. The predicted octanol–water partition coefficient (Wildman–Crippen LogP) is 3.41. The molecule has 2 aromatic carbocycles. The van der Waals surface area contributed by atoms with Gasteiger partial charge < -0.3 is 19.7 Å². The number of nitrogens with zero attached hydrogens (tertiary/aromatic N) is 1. The van der Waals surface area contributed by atoms with E-state index in [0.717, 1.165) is 11.1 Å². The normalized spacial score (nSPS) is 16.8. The third kappa shape index (κ3) is 3.95. The molecule has 1 heterocycles. The highest BCUT2D eigenvalue weighted by Gasteiger charge is 2.34. The molecule has 27 heavy (non-hydrogen) atoms. The van der Waals surface area contributed by atoms with Crippen molar-refractivity contribution in [1.82, 2.24) is 10.2 Å². The average molecular weight is 366 g/mol. The molecule has 1 aliphatic heterocycles. The van der Waals surface area contributed by atoms with Crippen molar-refractivity contribution in [3.63, 3.8) is 0 Å². The molecule has 0 fully saturated rings. The summed E-state index contributed by atoms with van der Waals surface area (Å²) >= 11 is 0. The molecule has 1 N–H and O–H groups in total. The fraction of sp³-hybridized carbons (Fsp3) is 0.238. The number of carbonyl (C=O) groups is 2. The molecule has 2 amide bonds. The third-order valence-electron chi connectivity index (χ3n) is 4.60. The van der Waals surface area contributed by atoms with Gasteiger partial charge in [0.25, 0.3) is 0 Å². The van der Waals surface area contributed by atoms with Crippen molar-refractivity contribution in [3.05, 3.63) is 77.0 Å². The Bertz CT molecular complexity index is 877. The maximum Gasteiger partial charge on any atom is 0.337 e. The van der Waals surface area contributed by atoms with Crippen molar-refractivity contribution in [2.45, 2.75) is 19.6 Å². The molecule has 0 unspecified atom stereocenters. The minimum atomic E-state index is -0.596. The highest BCUT2D eigenvalue weighted by Crippen LogP contribution is 2.32. The summed E-state index contributed by atoms with van der Waals surface area (Å²) in [6.45, 7) is 2.16. The van der Waals surface area contributed by atoms with E-state index in [-0.39, 0.29) is 6.03 Å². The smallest absolute Gasteiger partial charge is 0.337 e. The minimum absolute atomic E-state index is 0.277. The van der Waals surface area contributed by atoms with Gasteiger partial charge in [0.1, 0.15) is 12.4 Å². The van der Waals surface area contributed by atoms with Crippen LogP contribution in [0.15, 0.2) is 65.9 Å². The Labute approximate surface area is 158 Å². The lowest BCUT2D eigenvalue weighted by atomic mass is 9.95. The molecule has 140 valence electrons. The summed E-state index contributed by atoms with van der Waals surface area (Å²) in [5.74, 6) is 0.186. The zero-order valence-corrected chi connectivity index (χ0v) is 15.6. The lowest BCUT2D eigenvalue weighted by Crippen LogP contribution is -2.46. The van der Waals surface area contributed by atoms with Crippen LogP contribution in [0.5, 0.6) is 5.75 Å². The number of nitrogens with one attached hydrogen (secondary N) is 1. The highest BCUT2D eigenvalue weighted by atomic mass is 16.5. The molecule has 0 aliphatic carbocycles. The number of hydrogen-bond donors (Lipinski definition) is 1. The van der Waals surface area contributed by atoms with Gasteiger partial charge >= 0.3 is 12.0 Å². The molecule has 2 aromatic rings. The number of esters is 1. The largest absolute Gasteiger partial charge is 0.489 e. The number of allylic oxidation sites excluding steroid dienone is 1. The first-order chi connectivity index (χ1) is 13.0. The van der Waals surface area contributed by atoms with E-state index in [9.17, 15) is 9.59 Å². The van der Waals surface area contributed by atoms with Crippen LogP contribution in [0, 0.1) is 0 Å². The van der Waals surface area contributed by atoms with Gasteiger partial charge in [0.15, 0.2) is 0 Å². The van der Waals surface area contributed by atoms with Gasteiger partial charge in [-0.05, 0) is 30.2 Å². The van der Waals surface area contributed by atoms with Gasteiger partial charge in [-0.2, -0.15) is 0 Å². The number of ether oxygens (including phenoxy) is 2. The van der Waals surface area contributed by atoms with Crippen molar-refractivity contribution in [1.29, 1.82) is 0 Å². The van der Waals surface area contributed by atoms with Crippen molar-refractivity contribution in [3.8, 4) is 5.75 Å². The van der Waals surface area contributed by atoms with Crippen LogP contribution < -0.4 is 10.1 Å². The van der Waals surface area contributed by atoms with E-state index < -0.39 is 12.0 Å². The van der Waals surface area contributed by atoms with Crippen LogP contribution in [-0.2, 0) is 16.1 Å². The van der Waals surface area contributed by atoms with E-state index >= 15 is 0 Å². The van der Waals surface area contributed by atoms with Crippen molar-refractivity contribution in [2.24, 2.45) is 0 Å². The average Bonchev–Trinajstić information content (AvgIpc) is 2.70. The first-order valence-electron chi connectivity index (χ1n) is 8.61. The van der Waals surface area contributed by atoms with E-state index in [1.807, 2.05) is 54.6 Å². The van der Waals surface area contributed by atoms with Crippen LogP contribution in [0.25, 0.3) is 0 Å². The number of amides is 2. The number of methoxy groups -OCH3 is 1. The van der Waals surface area contributed by atoms with Crippen LogP contribution in [0.1, 0.15) is 24.1 Å². The first kappa shape index (κ1) is 18.5. The van der Waals surface area contributed by atoms with Gasteiger partial charge in [0.2, 0.25) is 0 Å². The van der Waals surface area contributed by atoms with Gasteiger partial charge in [0, 0.05) is 12.7 Å². The summed E-state index contributed by atoms with van der Waals surface area (Å²) in [4.78, 5) is 26.0. The molecule has 0 aromatic heterocycles. The van der Waals surface area contributed by atoms with E-state index in [0.29, 0.717) is 23.6 Å². The number of urea groups is 1. The third-order valence-corrected chi connectivity index (χ3v) is 4.60. The van der Waals surface area contributed by atoms with E-state index in [1.165, 1.54) is 12.0 Å². The van der Waals surface area contributed by atoms with Crippen molar-refractivity contribution in [2.75, 3.05) is 14.2 Å². The Balaban J connectivity index is 1.88. The van der Waals surface area contributed by atoms with Gasteiger partial charge in [-0.15, -0.1) is 0 Å². The second kappa shape index (κ2) is 7.95. The molecular weight excluding hydrogens is 344 g/mol. The first-order valence-corrected chi connectivity index (χ1v) is 8.61. The molecule has 0 radical (unpaired) electrons. The summed E-state index contributed by atoms with van der Waals surface area (Å²) in [6, 6.07) is 16.3. The molecule has 0 spiro atoms. The number of carbonyl (C=O) groups excluding carboxylic acids is 2. The molecule has 3 rings (SSSR count). The van der Waals surface area contributed by atoms with Crippen molar-refractivity contribution >= 4 is 12.0 Å². The maximum absolute atomic E-state index is 12.3. The van der Waals surface area contributed by atoms with Gasteiger partial charge in [-0.1, -0.05) is 42.5 Å². The van der Waals surface area contributed by atoms with Crippen LogP contribution in [-0.4, -0.2) is 31.1 Å². The summed E-state index contributed by atoms with van der Waals surface area (Å²) in [6.07, 6.45) is 0. The van der Waals surface area contributed by atoms with E-state index in [1.54, 1.807) is 14.0 Å². The summed E-state index contributed by atoms with van der Waals surface area (Å²) in [5.41, 5.74) is 2.77. The highest BCUT2D eigenvalue weighted by molar-refractivity contribution is 5.94. The van der Waals surface area contributed by atoms with Gasteiger partial charge in [0.05, 0.1) is 18.7 Å². The Morgan fingerprint density at radius 3 is 2.59 bits per heavy atom. The second-order valence-corrected chi connectivity index (χ2v) is 6.28. The van der Waals surface area contributed by atoms with Crippen LogP contribution >= 0.6 is 0 Å². The summed E-state index contributed by atoms with van der Waals surface area (Å²) in [5, 5.41) is 2.85. The Morgan fingerprint density at radius 1 is 1.15 bits per heavy atom. The molecule has 1 aliphatic rings. The Morgan fingerprint density at radius 2 is 1.89 bits per heavy atom. The van der Waals surface area contributed by atoms with Gasteiger partial charge in [-0.3, -0.25) is 0 Å². The lowest BCUT2D eigenvalue weighted by Gasteiger charge is -2.33. The zero-order chi connectivity index (χ0) is 19.4. The molecule has 1 atom stereocenters. The van der Waals surface area contributed by atoms with Crippen molar-refractivity contribution < 1.29 is 19.1 Å². The quantitative estimate of drug-likeness (QED) is 0.824. The predicted molar refractivity (Wildman–Crippen MR) is 101 cm³/mol. The Hall–Kier alpha value is -3.28. The molecule has 0 bridgehead atoms. The molecular formula is C21H22N2O4. The van der Waals surface area contributed by atoms with E-state index in [4.69, 9.17) is 9.47 Å². The molecule has 6 heteroatoms. The molecule has 0 saturated heterocycles. The molecule has 6 nitrogen and oxygen atoms in total. The fourth-order valence-corrected chi connectivity index (χ4v) is 2.98. The Kier molecular flexibility index (Phi) is 5.45. The molecule has 0 saturated carbocycles. The van der Waals surface area contributed by atoms with Gasteiger partial charge in [-0.25, -0.2) is 9.59 Å². The summed E-state index contributed by atoms with van der Waals surface area (Å²) < 4.78 is 10.8. The monoisotopic (exact) mass is 366 g/mol. The minimum Gasteiger partial charge on any atom is -0.489 e. The maximum atomic E-state index is 12.3. The topological polar surface area (TPSA) is 67.9 Å². The zero-order valence-electron chi connectivity index (χ0n) is 15.6. The number of benzene rings is 2. The number of hydrogen-bond acceptors (Lipinski definition) is 4. The summed E-state index contributed by atoms with van der Waals surface area (Å²) in [7, 11) is 2.94. The van der Waals surface area contributed by atoms with Crippen LogP contribution in [0.4, 0.5) is 4.79 Å². The van der Waals surface area contributed by atoms with Crippen LogP contribution in [0.3, 0.4) is 0 Å². The van der Waals surface area contributed by atoms with Crippen LogP contribution in [0.2, 0.25) is 0 Å². The lowest BCUT2D eigenvalue weighted by molar-refractivity contribution is -0.136. The second-order valence-electron chi connectivity index (χ2n) is 6.28. The number of rotatable bonds is 5. The standard InChI is InChI=1S/C21H22N2O4/c1-14-18(20(24)26-3)19(22-21(25)23(14)2)16-10-7-11-17(12-16)27-13-15-8-5-4-6-9-15/h4-12,19H,13H2,1-3H3,(H,22,25)/t19-/m0/s1. The van der Waals surface area contributed by atoms with E-state index in [2.05, 4.69) is 5.32 Å². The fourth-order valence-electron chi connectivity index (χ4n) is 2.98.